The van der Waals surface area contributed by atoms with E-state index >= 15 is 0 Å². The van der Waals surface area contributed by atoms with Gasteiger partial charge in [-0.2, -0.15) is 0 Å². The van der Waals surface area contributed by atoms with Gasteiger partial charge < -0.3 is 9.47 Å². The van der Waals surface area contributed by atoms with Crippen molar-refractivity contribution >= 4 is 70.4 Å². The Kier molecular flexibility index (Phi) is 9.33. The molecule has 3 heteroatoms. The summed E-state index contributed by atoms with van der Waals surface area (Å²) in [5.41, 5.74) is 18.9. The average molecular weight is 909 g/mol. The van der Waals surface area contributed by atoms with E-state index in [4.69, 9.17) is 0 Å². The minimum absolute atomic E-state index is 0.495. The molecule has 2 heterocycles. The van der Waals surface area contributed by atoms with Gasteiger partial charge in [-0.1, -0.05) is 200 Å². The van der Waals surface area contributed by atoms with Gasteiger partial charge in [0.05, 0.1) is 26.8 Å². The average Bonchev–Trinajstić information content (AvgIpc) is 4.08. The van der Waals surface area contributed by atoms with Gasteiger partial charge in [-0.25, -0.2) is 0 Å². The molecule has 0 saturated heterocycles. The minimum atomic E-state index is -0.495. The van der Waals surface area contributed by atoms with Crippen LogP contribution in [0.3, 0.4) is 0 Å². The fourth-order valence-corrected chi connectivity index (χ4v) is 12.9. The molecule has 2 nitrogen and oxygen atoms in total. The van der Waals surface area contributed by atoms with Crippen molar-refractivity contribution in [1.29, 1.82) is 0 Å². The lowest BCUT2D eigenvalue weighted by molar-refractivity contribution is 0.768. The molecule has 70 heavy (non-hydrogen) atoms. The molecule has 13 aromatic rings. The van der Waals surface area contributed by atoms with E-state index in [1.165, 1.54) is 103 Å². The second kappa shape index (κ2) is 16.2. The lowest BCUT2D eigenvalue weighted by atomic mass is 9.67. The van der Waals surface area contributed by atoms with Crippen molar-refractivity contribution in [3.05, 3.63) is 289 Å². The summed E-state index contributed by atoms with van der Waals surface area (Å²) >= 11 is 1.88. The first-order valence-corrected chi connectivity index (χ1v) is 24.9. The molecule has 0 aliphatic heterocycles. The SMILES string of the molecule is c1ccc(N(c2ccc(-c3ccccc3-c3ccc4c(c3)c3ccccc3n4-c3cccc4c3sc3ccccc34)cc2)c2ccc3c(c2)C(c2ccccc2)(c2ccccc2)c2ccccc2-3)cc1. The highest BCUT2D eigenvalue weighted by molar-refractivity contribution is 7.26. The first kappa shape index (κ1) is 40.3. The van der Waals surface area contributed by atoms with E-state index in [1.54, 1.807) is 0 Å². The van der Waals surface area contributed by atoms with Crippen LogP contribution in [-0.2, 0) is 5.41 Å². The second-order valence-electron chi connectivity index (χ2n) is 18.4. The summed E-state index contributed by atoms with van der Waals surface area (Å²) in [5, 5.41) is 5.11. The number of hydrogen-bond donors (Lipinski definition) is 0. The number of thiophene rings is 1. The summed E-state index contributed by atoms with van der Waals surface area (Å²) in [5.74, 6) is 0. The molecule has 0 amide bonds. The Labute approximate surface area is 411 Å². The van der Waals surface area contributed by atoms with Crippen molar-refractivity contribution in [2.75, 3.05) is 4.90 Å². The number of para-hydroxylation sites is 2. The molecule has 0 unspecified atom stereocenters. The molecule has 2 aromatic heterocycles. The maximum absolute atomic E-state index is 2.47. The van der Waals surface area contributed by atoms with Crippen LogP contribution in [0.2, 0.25) is 0 Å². The predicted molar refractivity (Wildman–Crippen MR) is 297 cm³/mol. The van der Waals surface area contributed by atoms with E-state index in [1.807, 2.05) is 11.3 Å². The number of benzene rings is 11. The van der Waals surface area contributed by atoms with Gasteiger partial charge in [0.25, 0.3) is 0 Å². The predicted octanol–water partition coefficient (Wildman–Crippen LogP) is 18.3. The molecule has 0 fully saturated rings. The van der Waals surface area contributed by atoms with Crippen molar-refractivity contribution in [3.8, 4) is 39.1 Å². The standard InChI is InChI=1S/C67H44N2S/c1-4-19-47(20-5-1)67(48-21-6-2-7-22-48)60-31-15-12-27-54(60)55-41-40-51(44-61(55)67)68(49-23-8-3-9-24-49)50-38-35-45(36-39-50)52-25-10-11-26-53(52)46-37-42-63-59(43-46)56-28-13-16-32-62(56)69(63)64-33-18-30-58-57-29-14-17-34-65(57)70-66(58)64/h1-44H. The van der Waals surface area contributed by atoms with Gasteiger partial charge in [0, 0.05) is 43.3 Å². The normalized spacial score (nSPS) is 12.7. The highest BCUT2D eigenvalue weighted by Crippen LogP contribution is 2.57. The van der Waals surface area contributed by atoms with Crippen LogP contribution in [0.15, 0.2) is 267 Å². The fraction of sp³-hybridized carbons (Fsp3) is 0.0149. The first-order chi connectivity index (χ1) is 34.7. The van der Waals surface area contributed by atoms with Crippen molar-refractivity contribution in [1.82, 2.24) is 4.57 Å². The number of rotatable bonds is 8. The van der Waals surface area contributed by atoms with Gasteiger partial charge in [0.2, 0.25) is 0 Å². The summed E-state index contributed by atoms with van der Waals surface area (Å²) in [6, 6.07) is 98.4. The molecule has 0 radical (unpaired) electrons. The van der Waals surface area contributed by atoms with Crippen LogP contribution >= 0.6 is 11.3 Å². The highest BCUT2D eigenvalue weighted by atomic mass is 32.1. The van der Waals surface area contributed by atoms with E-state index in [2.05, 4.69) is 276 Å². The lowest BCUT2D eigenvalue weighted by Crippen LogP contribution is -2.28. The Morgan fingerprint density at radius 2 is 0.871 bits per heavy atom. The molecule has 1 aliphatic rings. The van der Waals surface area contributed by atoms with E-state index < -0.39 is 5.41 Å². The molecule has 0 spiro atoms. The molecular formula is C67H44N2S. The van der Waals surface area contributed by atoms with E-state index in [-0.39, 0.29) is 0 Å². The number of hydrogen-bond acceptors (Lipinski definition) is 2. The lowest BCUT2D eigenvalue weighted by Gasteiger charge is -2.35. The van der Waals surface area contributed by atoms with Gasteiger partial charge in [0.1, 0.15) is 0 Å². The fourth-order valence-electron chi connectivity index (χ4n) is 11.7. The maximum atomic E-state index is 2.47. The van der Waals surface area contributed by atoms with E-state index in [9.17, 15) is 0 Å². The van der Waals surface area contributed by atoms with E-state index in [0.717, 1.165) is 17.1 Å². The summed E-state index contributed by atoms with van der Waals surface area (Å²) < 4.78 is 5.09. The molecule has 0 atom stereocenters. The third-order valence-electron chi connectivity index (χ3n) is 14.7. The number of aromatic nitrogens is 1. The highest BCUT2D eigenvalue weighted by Gasteiger charge is 2.46. The summed E-state index contributed by atoms with van der Waals surface area (Å²) in [4.78, 5) is 2.41. The third kappa shape index (κ3) is 6.12. The third-order valence-corrected chi connectivity index (χ3v) is 15.9. The Morgan fingerprint density at radius 3 is 1.63 bits per heavy atom. The van der Waals surface area contributed by atoms with Gasteiger partial charge in [0.15, 0.2) is 0 Å². The first-order valence-electron chi connectivity index (χ1n) is 24.1. The summed E-state index contributed by atoms with van der Waals surface area (Å²) in [6.45, 7) is 0. The molecule has 14 rings (SSSR count). The molecule has 0 saturated carbocycles. The molecule has 11 aromatic carbocycles. The molecular weight excluding hydrogens is 865 g/mol. The van der Waals surface area contributed by atoms with Crippen LogP contribution in [0.5, 0.6) is 0 Å². The molecule has 1 aliphatic carbocycles. The topological polar surface area (TPSA) is 8.17 Å². The van der Waals surface area contributed by atoms with Crippen molar-refractivity contribution in [3.63, 3.8) is 0 Å². The number of fused-ring (bicyclic) bond motifs is 9. The van der Waals surface area contributed by atoms with Crippen LogP contribution < -0.4 is 4.90 Å². The van der Waals surface area contributed by atoms with Crippen LogP contribution in [-0.4, -0.2) is 4.57 Å². The minimum Gasteiger partial charge on any atom is -0.310 e. The Balaban J connectivity index is 0.881. The molecule has 0 N–H and O–H groups in total. The second-order valence-corrected chi connectivity index (χ2v) is 19.4. The monoisotopic (exact) mass is 908 g/mol. The molecule has 0 bridgehead atoms. The van der Waals surface area contributed by atoms with Crippen molar-refractivity contribution < 1.29 is 0 Å². The Morgan fingerprint density at radius 1 is 0.329 bits per heavy atom. The van der Waals surface area contributed by atoms with Crippen molar-refractivity contribution in [2.24, 2.45) is 0 Å². The van der Waals surface area contributed by atoms with Gasteiger partial charge in [-0.3, -0.25) is 0 Å². The van der Waals surface area contributed by atoms with Crippen LogP contribution in [0.1, 0.15) is 22.3 Å². The van der Waals surface area contributed by atoms with Crippen LogP contribution in [0, 0.1) is 0 Å². The van der Waals surface area contributed by atoms with Gasteiger partial charge >= 0.3 is 0 Å². The van der Waals surface area contributed by atoms with Crippen molar-refractivity contribution in [2.45, 2.75) is 5.41 Å². The maximum Gasteiger partial charge on any atom is 0.0714 e. The number of nitrogens with zero attached hydrogens (tertiary/aromatic N) is 2. The number of anilines is 3. The smallest absolute Gasteiger partial charge is 0.0714 e. The zero-order valence-corrected chi connectivity index (χ0v) is 39.0. The zero-order chi connectivity index (χ0) is 46.2. The van der Waals surface area contributed by atoms with Crippen LogP contribution in [0.25, 0.3) is 81.0 Å². The van der Waals surface area contributed by atoms with E-state index in [0.29, 0.717) is 0 Å². The quantitative estimate of drug-likeness (QED) is 0.147. The van der Waals surface area contributed by atoms with Crippen LogP contribution in [0.4, 0.5) is 17.1 Å². The zero-order valence-electron chi connectivity index (χ0n) is 38.2. The van der Waals surface area contributed by atoms with Gasteiger partial charge in [-0.15, -0.1) is 11.3 Å². The summed E-state index contributed by atoms with van der Waals surface area (Å²) in [6.07, 6.45) is 0. The molecule has 328 valence electrons. The van der Waals surface area contributed by atoms with Gasteiger partial charge in [-0.05, 0) is 122 Å². The Bertz CT molecular complexity index is 4070. The largest absolute Gasteiger partial charge is 0.310 e. The Hall–Kier alpha value is -8.76. The summed E-state index contributed by atoms with van der Waals surface area (Å²) in [7, 11) is 0.